The second-order valence-electron chi connectivity index (χ2n) is 4.50. The first-order valence-electron chi connectivity index (χ1n) is 6.77. The molecular formula is C18H26N2. The monoisotopic (exact) mass is 270 g/mol. The van der Waals surface area contributed by atoms with Gasteiger partial charge in [-0.25, -0.2) is 4.99 Å². The summed E-state index contributed by atoms with van der Waals surface area (Å²) in [6, 6.07) is 0. The molecule has 2 heteroatoms. The summed E-state index contributed by atoms with van der Waals surface area (Å²) >= 11 is 0. The molecule has 0 atom stereocenters. The summed E-state index contributed by atoms with van der Waals surface area (Å²) in [6.45, 7) is 19.5. The van der Waals surface area contributed by atoms with Crippen LogP contribution < -0.4 is 5.32 Å². The normalized spacial score (nSPS) is 13.5. The Balaban J connectivity index is 5.04. The zero-order valence-corrected chi connectivity index (χ0v) is 13.2. The van der Waals surface area contributed by atoms with Gasteiger partial charge in [0.05, 0.1) is 5.70 Å². The predicted octanol–water partition coefficient (Wildman–Crippen LogP) is 5.07. The third kappa shape index (κ3) is 7.37. The number of amidine groups is 1. The van der Waals surface area contributed by atoms with Crippen LogP contribution in [-0.2, 0) is 0 Å². The van der Waals surface area contributed by atoms with Crippen molar-refractivity contribution in [1.82, 2.24) is 5.32 Å². The van der Waals surface area contributed by atoms with Crippen LogP contribution in [0.15, 0.2) is 77.6 Å². The third-order valence-corrected chi connectivity index (χ3v) is 2.42. The van der Waals surface area contributed by atoms with Gasteiger partial charge in [-0.1, -0.05) is 56.5 Å². The first kappa shape index (κ1) is 17.9. The Kier molecular flexibility index (Phi) is 8.77. The lowest BCUT2D eigenvalue weighted by Crippen LogP contribution is -2.19. The van der Waals surface area contributed by atoms with Crippen LogP contribution in [0.2, 0.25) is 0 Å². The van der Waals surface area contributed by atoms with Crippen molar-refractivity contribution in [2.45, 2.75) is 34.1 Å². The number of rotatable bonds is 7. The fraction of sp³-hybridized carbons (Fsp3) is 0.278. The smallest absolute Gasteiger partial charge is 0.103 e. The Bertz CT molecular complexity index is 486. The van der Waals surface area contributed by atoms with Gasteiger partial charge in [0.25, 0.3) is 0 Å². The molecule has 0 aromatic rings. The van der Waals surface area contributed by atoms with E-state index in [9.17, 15) is 0 Å². The maximum Gasteiger partial charge on any atom is 0.103 e. The van der Waals surface area contributed by atoms with E-state index in [1.807, 2.05) is 45.1 Å². The Morgan fingerprint density at radius 2 is 1.90 bits per heavy atom. The lowest BCUT2D eigenvalue weighted by atomic mass is 10.2. The average Bonchev–Trinajstić information content (AvgIpc) is 2.36. The standard InChI is InChI=1S/C18H26N2/c1-8-11-17(12-9-2)15(6)19-16(7)20-18(10-3)13-14(4)5/h8-9,11-13H,1,4,6,10H2,2-3,5,7H3,(H,19,20)/b12-9-,17-11+,18-13-. The molecule has 1 N–H and O–H groups in total. The SMILES string of the molecule is C=C/C=C(\C=C/C)C(=C)N=C(C)N/C(=C\C(=C)C)CC. The molecule has 0 radical (unpaired) electrons. The summed E-state index contributed by atoms with van der Waals surface area (Å²) in [5.41, 5.74) is 3.76. The first-order chi connectivity index (χ1) is 9.44. The van der Waals surface area contributed by atoms with Crippen molar-refractivity contribution in [3.8, 4) is 0 Å². The zero-order valence-electron chi connectivity index (χ0n) is 13.2. The molecule has 0 fully saturated rings. The van der Waals surface area contributed by atoms with Gasteiger partial charge in [-0.15, -0.1) is 0 Å². The van der Waals surface area contributed by atoms with E-state index in [2.05, 4.69) is 37.0 Å². The van der Waals surface area contributed by atoms with E-state index in [1.165, 1.54) is 0 Å². The quantitative estimate of drug-likeness (QED) is 0.390. The molecule has 0 rings (SSSR count). The van der Waals surface area contributed by atoms with Crippen LogP contribution in [0.1, 0.15) is 34.1 Å². The molecule has 0 saturated heterocycles. The van der Waals surface area contributed by atoms with Crippen LogP contribution in [0.4, 0.5) is 0 Å². The summed E-state index contributed by atoms with van der Waals surface area (Å²) in [5, 5.41) is 3.28. The maximum absolute atomic E-state index is 4.48. The van der Waals surface area contributed by atoms with Gasteiger partial charge in [0, 0.05) is 5.70 Å². The van der Waals surface area contributed by atoms with Gasteiger partial charge >= 0.3 is 0 Å². The highest BCUT2D eigenvalue weighted by Crippen LogP contribution is 2.12. The molecule has 0 aliphatic carbocycles. The van der Waals surface area contributed by atoms with Gasteiger partial charge in [0.1, 0.15) is 5.84 Å². The van der Waals surface area contributed by atoms with Gasteiger partial charge in [0.2, 0.25) is 0 Å². The van der Waals surface area contributed by atoms with Crippen LogP contribution in [0.5, 0.6) is 0 Å². The molecule has 0 aromatic heterocycles. The molecule has 0 aliphatic rings. The minimum Gasteiger partial charge on any atom is -0.347 e. The van der Waals surface area contributed by atoms with Crippen LogP contribution in [0, 0.1) is 0 Å². The highest BCUT2D eigenvalue weighted by atomic mass is 15.0. The van der Waals surface area contributed by atoms with Crippen LogP contribution in [-0.4, -0.2) is 5.84 Å². The Morgan fingerprint density at radius 1 is 1.25 bits per heavy atom. The fourth-order valence-corrected chi connectivity index (χ4v) is 1.61. The average molecular weight is 270 g/mol. The molecule has 108 valence electrons. The summed E-state index contributed by atoms with van der Waals surface area (Å²) in [6.07, 6.45) is 10.5. The number of aliphatic imine (C=N–C) groups is 1. The van der Waals surface area contributed by atoms with Crippen LogP contribution in [0.25, 0.3) is 0 Å². The lowest BCUT2D eigenvalue weighted by Gasteiger charge is -2.10. The summed E-state index contributed by atoms with van der Waals surface area (Å²) in [5.74, 6) is 0.809. The number of allylic oxidation sites excluding steroid dienone is 7. The number of nitrogens with zero attached hydrogens (tertiary/aromatic N) is 1. The Hall–Kier alpha value is -2.09. The second-order valence-corrected chi connectivity index (χ2v) is 4.50. The number of nitrogens with one attached hydrogen (secondary N) is 1. The molecule has 0 spiro atoms. The van der Waals surface area contributed by atoms with Crippen LogP contribution in [0.3, 0.4) is 0 Å². The summed E-state index contributed by atoms with van der Waals surface area (Å²) in [7, 11) is 0. The van der Waals surface area contributed by atoms with Gasteiger partial charge in [0.15, 0.2) is 0 Å². The molecule has 0 unspecified atom stereocenters. The molecule has 0 saturated carbocycles. The molecular weight excluding hydrogens is 244 g/mol. The Morgan fingerprint density at radius 3 is 2.35 bits per heavy atom. The zero-order chi connectivity index (χ0) is 15.5. The first-order valence-corrected chi connectivity index (χ1v) is 6.77. The largest absolute Gasteiger partial charge is 0.347 e. The van der Waals surface area contributed by atoms with Crippen molar-refractivity contribution < 1.29 is 0 Å². The summed E-state index contributed by atoms with van der Waals surface area (Å²) < 4.78 is 0. The van der Waals surface area contributed by atoms with E-state index in [0.717, 1.165) is 29.1 Å². The third-order valence-electron chi connectivity index (χ3n) is 2.42. The van der Waals surface area contributed by atoms with Gasteiger partial charge in [-0.05, 0) is 38.8 Å². The molecule has 2 nitrogen and oxygen atoms in total. The summed E-state index contributed by atoms with van der Waals surface area (Å²) in [4.78, 5) is 4.48. The van der Waals surface area contributed by atoms with E-state index in [-0.39, 0.29) is 0 Å². The highest BCUT2D eigenvalue weighted by molar-refractivity contribution is 5.82. The molecule has 0 aromatic carbocycles. The van der Waals surface area contributed by atoms with E-state index < -0.39 is 0 Å². The Labute approximate surface area is 123 Å². The second kappa shape index (κ2) is 9.79. The van der Waals surface area contributed by atoms with Gasteiger partial charge in [-0.2, -0.15) is 0 Å². The van der Waals surface area contributed by atoms with E-state index in [4.69, 9.17) is 0 Å². The van der Waals surface area contributed by atoms with E-state index >= 15 is 0 Å². The van der Waals surface area contributed by atoms with Crippen molar-refractivity contribution in [2.75, 3.05) is 0 Å². The minimum absolute atomic E-state index is 0.707. The van der Waals surface area contributed by atoms with Crippen molar-refractivity contribution >= 4 is 5.84 Å². The van der Waals surface area contributed by atoms with Crippen molar-refractivity contribution in [1.29, 1.82) is 0 Å². The van der Waals surface area contributed by atoms with Crippen molar-refractivity contribution in [2.24, 2.45) is 4.99 Å². The number of hydrogen-bond donors (Lipinski definition) is 1. The van der Waals surface area contributed by atoms with Crippen molar-refractivity contribution in [3.05, 3.63) is 72.7 Å². The minimum atomic E-state index is 0.707. The van der Waals surface area contributed by atoms with Crippen molar-refractivity contribution in [3.63, 3.8) is 0 Å². The number of hydrogen-bond acceptors (Lipinski definition) is 1. The van der Waals surface area contributed by atoms with Gasteiger partial charge < -0.3 is 5.32 Å². The maximum atomic E-state index is 4.48. The molecule has 20 heavy (non-hydrogen) atoms. The van der Waals surface area contributed by atoms with E-state index in [0.29, 0.717) is 5.70 Å². The topological polar surface area (TPSA) is 24.4 Å². The highest BCUT2D eigenvalue weighted by Gasteiger charge is 2.00. The molecule has 0 amide bonds. The van der Waals surface area contributed by atoms with Gasteiger partial charge in [-0.3, -0.25) is 0 Å². The van der Waals surface area contributed by atoms with E-state index in [1.54, 1.807) is 6.08 Å². The fourth-order valence-electron chi connectivity index (χ4n) is 1.61. The predicted molar refractivity (Wildman–Crippen MR) is 91.7 cm³/mol. The molecule has 0 heterocycles. The lowest BCUT2D eigenvalue weighted by molar-refractivity contribution is 0.966. The molecule has 0 aliphatic heterocycles. The molecule has 0 bridgehead atoms. The van der Waals surface area contributed by atoms with Crippen LogP contribution >= 0.6 is 0 Å².